The summed E-state index contributed by atoms with van der Waals surface area (Å²) in [6.07, 6.45) is 17.6. The lowest BCUT2D eigenvalue weighted by molar-refractivity contribution is 0.287. The van der Waals surface area contributed by atoms with E-state index in [9.17, 15) is 0 Å². The standard InChI is InChI=1S/C7H12N2.C7H11NO.C7H11NS.2C6H11N3.C6H10N2O.2C5H10N4.C5H9N3O/c3*1-7(2,3)6-4-8-9-5-6;1-6(2,3)9-4-7-8-5-9;2*1-6(2,3)5-4-7-9-8-5;1-5(2,3)9-4-6-7-8-9;2*1-5(2,3)4-6-8-9-7-4/h4-5H,1-3H3,(H,8,9);3*4-5H,1-3H3;4H,1-3H3,(H,7,8,9);2*4H,1-3H3;1-3H3,(H,6,7,8,9);1-3H3. The highest BCUT2D eigenvalue weighted by molar-refractivity contribution is 7.03. The second-order valence-corrected chi connectivity index (χ2v) is 28.2. The zero-order chi connectivity index (χ0) is 62.2. The fourth-order valence-electron chi connectivity index (χ4n) is 4.78. The molecular weight excluding hydrogens is 1050 g/mol. The van der Waals surface area contributed by atoms with Crippen LogP contribution in [0.5, 0.6) is 0 Å². The summed E-state index contributed by atoms with van der Waals surface area (Å²) in [6, 6.07) is 0. The van der Waals surface area contributed by atoms with Crippen molar-refractivity contribution in [1.82, 2.24) is 117 Å². The lowest BCUT2D eigenvalue weighted by atomic mass is 9.90. The summed E-state index contributed by atoms with van der Waals surface area (Å²) >= 11 is 1.52. The summed E-state index contributed by atoms with van der Waals surface area (Å²) in [5.41, 5.74) is 6.52. The Balaban J connectivity index is 0.000000456. The molecule has 0 aromatic carbocycles. The van der Waals surface area contributed by atoms with Crippen LogP contribution < -0.4 is 0 Å². The van der Waals surface area contributed by atoms with Gasteiger partial charge in [-0.1, -0.05) is 171 Å². The van der Waals surface area contributed by atoms with Gasteiger partial charge in [0, 0.05) is 50.5 Å². The molecule has 0 bridgehead atoms. The Morgan fingerprint density at radius 2 is 1.06 bits per heavy atom. The molecule has 0 fully saturated rings. The lowest BCUT2D eigenvalue weighted by Gasteiger charge is -2.18. The van der Waals surface area contributed by atoms with Crippen molar-refractivity contribution in [1.29, 1.82) is 0 Å². The van der Waals surface area contributed by atoms with Crippen molar-refractivity contribution in [2.75, 3.05) is 0 Å². The average Bonchev–Trinajstić information content (AvgIpc) is 4.21. The molecule has 0 amide bonds. The van der Waals surface area contributed by atoms with Gasteiger partial charge >= 0.3 is 0 Å². The van der Waals surface area contributed by atoms with Crippen LogP contribution >= 0.6 is 11.5 Å². The SMILES string of the molecule is CC(C)(C)c1cn[nH]c1.CC(C)(C)c1cn[nH]n1.CC(C)(C)c1cnoc1.CC(C)(C)c1cnon1.CC(C)(C)c1cnsc1.CC(C)(C)c1nn[nH]n1.CC(C)(C)c1nnon1.CC(C)(C)n1cnnc1.CC(C)(C)n1cnnn1. The molecular formula is C54H95N23O3S. The Morgan fingerprint density at radius 1 is 0.469 bits per heavy atom. The van der Waals surface area contributed by atoms with Gasteiger partial charge in [-0.2, -0.15) is 25.7 Å². The van der Waals surface area contributed by atoms with E-state index in [1.165, 1.54) is 22.7 Å². The fourth-order valence-corrected chi connectivity index (χ4v) is 5.55. The highest BCUT2D eigenvalue weighted by atomic mass is 32.1. The van der Waals surface area contributed by atoms with Gasteiger partial charge in [-0.25, -0.2) is 18.3 Å². The molecule has 27 heteroatoms. The zero-order valence-electron chi connectivity index (χ0n) is 53.4. The third-order valence-corrected chi connectivity index (χ3v) is 11.1. The molecule has 0 radical (unpaired) electrons. The number of rotatable bonds is 0. The van der Waals surface area contributed by atoms with E-state index in [0.29, 0.717) is 5.82 Å². The van der Waals surface area contributed by atoms with Crippen LogP contribution in [0.2, 0.25) is 0 Å². The molecule has 3 N–H and O–H groups in total. The molecule has 0 aliphatic carbocycles. The molecule has 9 aromatic rings. The molecule has 26 nitrogen and oxygen atoms in total. The van der Waals surface area contributed by atoms with Gasteiger partial charge < -0.3 is 9.09 Å². The van der Waals surface area contributed by atoms with Crippen LogP contribution in [0, 0.1) is 0 Å². The van der Waals surface area contributed by atoms with Gasteiger partial charge in [0.05, 0.1) is 41.3 Å². The van der Waals surface area contributed by atoms with Crippen molar-refractivity contribution in [2.24, 2.45) is 0 Å². The number of aromatic amines is 3. The second-order valence-electron chi connectivity index (χ2n) is 27.6. The summed E-state index contributed by atoms with van der Waals surface area (Å²) in [5.74, 6) is 1.39. The minimum absolute atomic E-state index is 0.00347. The van der Waals surface area contributed by atoms with Gasteiger partial charge in [0.25, 0.3) is 0 Å². The van der Waals surface area contributed by atoms with E-state index in [1.807, 2.05) is 85.5 Å². The first-order chi connectivity index (χ1) is 36.9. The van der Waals surface area contributed by atoms with Gasteiger partial charge in [-0.3, -0.25) is 5.10 Å². The summed E-state index contributed by atoms with van der Waals surface area (Å²) in [7, 11) is 0. The summed E-state index contributed by atoms with van der Waals surface area (Å²) in [5, 5.41) is 72.0. The summed E-state index contributed by atoms with van der Waals surface area (Å²) in [6.45, 7) is 56.5. The Labute approximate surface area is 483 Å². The van der Waals surface area contributed by atoms with Gasteiger partial charge in [0.1, 0.15) is 30.9 Å². The maximum Gasteiger partial charge on any atom is 0.201 e. The third-order valence-electron chi connectivity index (χ3n) is 10.5. The molecule has 9 rings (SSSR count). The monoisotopic (exact) mass is 1150 g/mol. The maximum absolute atomic E-state index is 4.69. The Bertz CT molecular complexity index is 2190. The van der Waals surface area contributed by atoms with Crippen molar-refractivity contribution in [2.45, 2.75) is 236 Å². The molecule has 0 saturated carbocycles. The molecule has 0 saturated heterocycles. The van der Waals surface area contributed by atoms with Crippen LogP contribution in [0.1, 0.15) is 227 Å². The van der Waals surface area contributed by atoms with Crippen LogP contribution in [0.25, 0.3) is 0 Å². The normalized spacial score (nSPS) is 11.9. The van der Waals surface area contributed by atoms with Crippen LogP contribution in [-0.4, -0.2) is 117 Å². The number of aromatic nitrogens is 23. The summed E-state index contributed by atoms with van der Waals surface area (Å²) in [4.78, 5) is 0. The van der Waals surface area contributed by atoms with Crippen LogP contribution in [0.3, 0.4) is 0 Å². The van der Waals surface area contributed by atoms with Gasteiger partial charge in [0.2, 0.25) is 5.82 Å². The average molecular weight is 1150 g/mol. The lowest BCUT2D eigenvalue weighted by Crippen LogP contribution is -2.22. The van der Waals surface area contributed by atoms with E-state index >= 15 is 0 Å². The van der Waals surface area contributed by atoms with Crippen LogP contribution in [-0.2, 0) is 49.0 Å². The van der Waals surface area contributed by atoms with E-state index < -0.39 is 0 Å². The van der Waals surface area contributed by atoms with Crippen LogP contribution in [0.15, 0.2) is 81.6 Å². The van der Waals surface area contributed by atoms with E-state index in [0.717, 1.165) is 22.8 Å². The van der Waals surface area contributed by atoms with Crippen molar-refractivity contribution in [3.05, 3.63) is 108 Å². The molecule has 0 spiro atoms. The quantitative estimate of drug-likeness (QED) is 0.127. The molecule has 9 heterocycles. The molecule has 0 aliphatic heterocycles. The molecule has 9 aromatic heterocycles. The first-order valence-electron chi connectivity index (χ1n) is 26.4. The Kier molecular flexibility index (Phi) is 27.5. The smallest absolute Gasteiger partial charge is 0.201 e. The molecule has 0 unspecified atom stereocenters. The predicted octanol–water partition coefficient (Wildman–Crippen LogP) is 11.3. The van der Waals surface area contributed by atoms with Crippen molar-refractivity contribution >= 4 is 11.5 Å². The van der Waals surface area contributed by atoms with E-state index in [2.05, 4.69) is 247 Å². The molecule has 450 valence electrons. The first kappa shape index (κ1) is 71.7. The topological polar surface area (TPSA) is 329 Å². The molecule has 81 heavy (non-hydrogen) atoms. The largest absolute Gasteiger partial charge is 0.364 e. The summed E-state index contributed by atoms with van der Waals surface area (Å²) < 4.78 is 21.2. The van der Waals surface area contributed by atoms with Gasteiger partial charge in [-0.15, -0.1) is 25.5 Å². The predicted molar refractivity (Wildman–Crippen MR) is 313 cm³/mol. The van der Waals surface area contributed by atoms with Crippen molar-refractivity contribution < 1.29 is 13.8 Å². The molecule has 0 atom stereocenters. The highest BCUT2D eigenvalue weighted by Crippen LogP contribution is 2.24. The van der Waals surface area contributed by atoms with Crippen molar-refractivity contribution in [3.63, 3.8) is 0 Å². The van der Waals surface area contributed by atoms with Gasteiger partial charge in [0.15, 0.2) is 5.82 Å². The first-order valence-corrected chi connectivity index (χ1v) is 27.2. The minimum atomic E-state index is -0.0556. The molecule has 0 aliphatic rings. The Morgan fingerprint density at radius 3 is 1.28 bits per heavy atom. The number of tetrazole rings is 2. The van der Waals surface area contributed by atoms with Crippen molar-refractivity contribution in [3.8, 4) is 0 Å². The highest BCUT2D eigenvalue weighted by Gasteiger charge is 2.21. The van der Waals surface area contributed by atoms with Crippen LogP contribution in [0.4, 0.5) is 0 Å². The van der Waals surface area contributed by atoms with E-state index in [-0.39, 0.29) is 49.0 Å². The number of nitrogens with zero attached hydrogens (tertiary/aromatic N) is 20. The Hall–Kier alpha value is -7.32. The van der Waals surface area contributed by atoms with E-state index in [4.69, 9.17) is 4.52 Å². The third kappa shape index (κ3) is 30.2. The minimum Gasteiger partial charge on any atom is -0.364 e. The number of hydrogen-bond acceptors (Lipinski definition) is 22. The second kappa shape index (κ2) is 31.0. The zero-order valence-corrected chi connectivity index (χ0v) is 54.2. The number of nitrogens with one attached hydrogen (secondary N) is 3. The number of H-pyrrole nitrogens is 3. The fraction of sp³-hybridized carbons (Fsp3) is 0.667. The van der Waals surface area contributed by atoms with E-state index in [1.54, 1.807) is 48.5 Å². The maximum atomic E-state index is 4.69. The number of hydrogen-bond donors (Lipinski definition) is 3. The van der Waals surface area contributed by atoms with Gasteiger partial charge in [-0.05, 0) is 96.0 Å².